The Morgan fingerprint density at radius 1 is 1.03 bits per heavy atom. The van der Waals surface area contributed by atoms with Crippen LogP contribution in [0.5, 0.6) is 5.88 Å². The molecular weight excluding hydrogens is 382 g/mol. The highest BCUT2D eigenvalue weighted by atomic mass is 16.5. The molecule has 1 aliphatic heterocycles. The Morgan fingerprint density at radius 2 is 1.83 bits per heavy atom. The van der Waals surface area contributed by atoms with Gasteiger partial charge in [-0.15, -0.1) is 0 Å². The van der Waals surface area contributed by atoms with E-state index in [1.165, 1.54) is 0 Å². The van der Waals surface area contributed by atoms with Gasteiger partial charge < -0.3 is 9.47 Å². The summed E-state index contributed by atoms with van der Waals surface area (Å²) < 4.78 is 14.8. The van der Waals surface area contributed by atoms with Crippen LogP contribution in [0.25, 0.3) is 28.1 Å². The highest BCUT2D eigenvalue weighted by Gasteiger charge is 2.19. The third-order valence-corrected chi connectivity index (χ3v) is 5.57. The number of nitrogens with zero attached hydrogens (tertiary/aromatic N) is 7. The largest absolute Gasteiger partial charge is 0.481 e. The molecule has 5 heterocycles. The molecule has 9 nitrogen and oxygen atoms in total. The molecule has 0 aromatic carbocycles. The average Bonchev–Trinajstić information content (AvgIpc) is 3.38. The summed E-state index contributed by atoms with van der Waals surface area (Å²) in [7, 11) is 1.62. The summed E-state index contributed by atoms with van der Waals surface area (Å²) >= 11 is 0. The van der Waals surface area contributed by atoms with Gasteiger partial charge in [-0.1, -0.05) is 0 Å². The van der Waals surface area contributed by atoms with Crippen LogP contribution in [0.2, 0.25) is 0 Å². The predicted molar refractivity (Wildman–Crippen MR) is 113 cm³/mol. The van der Waals surface area contributed by atoms with E-state index in [9.17, 15) is 0 Å². The molecular formula is C21H25N7O2. The summed E-state index contributed by atoms with van der Waals surface area (Å²) in [6, 6.07) is 3.76. The lowest BCUT2D eigenvalue weighted by Crippen LogP contribution is -2.38. The second kappa shape index (κ2) is 7.66. The molecule has 0 amide bonds. The monoisotopic (exact) mass is 407 g/mol. The Bertz CT molecular complexity index is 1210. The van der Waals surface area contributed by atoms with Gasteiger partial charge in [-0.05, 0) is 19.9 Å². The molecule has 0 spiro atoms. The van der Waals surface area contributed by atoms with Gasteiger partial charge in [0.25, 0.3) is 0 Å². The number of morpholine rings is 1. The Labute approximate surface area is 174 Å². The van der Waals surface area contributed by atoms with Crippen molar-refractivity contribution < 1.29 is 9.47 Å². The second-order valence-electron chi connectivity index (χ2n) is 7.54. The Balaban J connectivity index is 1.55. The second-order valence-corrected chi connectivity index (χ2v) is 7.54. The van der Waals surface area contributed by atoms with Crippen molar-refractivity contribution in [3.05, 3.63) is 35.9 Å². The summed E-state index contributed by atoms with van der Waals surface area (Å²) in [6.07, 6.45) is 3.92. The quantitative estimate of drug-likeness (QED) is 0.501. The maximum Gasteiger partial charge on any atom is 0.215 e. The molecule has 0 unspecified atom stereocenters. The van der Waals surface area contributed by atoms with Crippen molar-refractivity contribution in [2.24, 2.45) is 0 Å². The predicted octanol–water partition coefficient (Wildman–Crippen LogP) is 2.10. The van der Waals surface area contributed by atoms with Crippen molar-refractivity contribution in [3.8, 4) is 17.3 Å². The van der Waals surface area contributed by atoms with Gasteiger partial charge in [0.15, 0.2) is 5.65 Å². The molecule has 0 radical (unpaired) electrons. The molecule has 0 aliphatic carbocycles. The van der Waals surface area contributed by atoms with Crippen molar-refractivity contribution in [1.82, 2.24) is 34.0 Å². The van der Waals surface area contributed by atoms with Crippen LogP contribution < -0.4 is 4.74 Å². The summed E-state index contributed by atoms with van der Waals surface area (Å²) in [5.74, 6) is 1.37. The minimum Gasteiger partial charge on any atom is -0.481 e. The molecule has 0 N–H and O–H groups in total. The number of aryl methyl sites for hydroxylation is 2. The van der Waals surface area contributed by atoms with Crippen LogP contribution in [0.4, 0.5) is 0 Å². The number of hydrogen-bond acceptors (Lipinski definition) is 7. The molecule has 9 heteroatoms. The van der Waals surface area contributed by atoms with Crippen molar-refractivity contribution in [2.75, 3.05) is 40.0 Å². The van der Waals surface area contributed by atoms with Crippen LogP contribution in [0, 0.1) is 13.8 Å². The highest BCUT2D eigenvalue weighted by molar-refractivity contribution is 5.81. The number of ether oxygens (including phenoxy) is 2. The van der Waals surface area contributed by atoms with Crippen LogP contribution in [-0.4, -0.2) is 74.0 Å². The maximum atomic E-state index is 5.42. The number of pyridine rings is 1. The first-order chi connectivity index (χ1) is 14.6. The zero-order chi connectivity index (χ0) is 20.7. The molecule has 1 fully saturated rings. The highest BCUT2D eigenvalue weighted by Crippen LogP contribution is 2.28. The van der Waals surface area contributed by atoms with E-state index in [1.54, 1.807) is 7.11 Å². The lowest BCUT2D eigenvalue weighted by atomic mass is 10.3. The molecule has 5 rings (SSSR count). The molecule has 4 aromatic rings. The minimum absolute atomic E-state index is 0.549. The molecule has 1 aliphatic rings. The van der Waals surface area contributed by atoms with Crippen LogP contribution in [0.15, 0.2) is 24.5 Å². The molecule has 0 atom stereocenters. The standard InChI is InChI=1S/C21H25N7O2/c1-14-19-15(2)24-20(28(19)21-17(23-14)4-5-18(25-21)29-3)16-12-22-27(13-16)7-6-26-8-10-30-11-9-26/h4-5,12-13H,6-11H2,1-3H3. The Kier molecular flexibility index (Phi) is 4.84. The summed E-state index contributed by atoms with van der Waals surface area (Å²) in [4.78, 5) is 16.6. The molecule has 1 saturated heterocycles. The first-order valence-corrected chi connectivity index (χ1v) is 10.2. The molecule has 30 heavy (non-hydrogen) atoms. The number of methoxy groups -OCH3 is 1. The fraction of sp³-hybridized carbons (Fsp3) is 0.429. The van der Waals surface area contributed by atoms with Gasteiger partial charge in [-0.2, -0.15) is 10.1 Å². The van der Waals surface area contributed by atoms with Gasteiger partial charge in [-0.3, -0.25) is 14.0 Å². The first kappa shape index (κ1) is 19.0. The molecule has 4 aromatic heterocycles. The van der Waals surface area contributed by atoms with Crippen LogP contribution >= 0.6 is 0 Å². The molecule has 0 bridgehead atoms. The van der Waals surface area contributed by atoms with Gasteiger partial charge in [0.2, 0.25) is 5.88 Å². The third kappa shape index (κ3) is 3.29. The topological polar surface area (TPSA) is 82.6 Å². The van der Waals surface area contributed by atoms with Gasteiger partial charge >= 0.3 is 0 Å². The van der Waals surface area contributed by atoms with Gasteiger partial charge in [0, 0.05) is 31.9 Å². The average molecular weight is 407 g/mol. The number of rotatable bonds is 5. The number of aromatic nitrogens is 6. The summed E-state index contributed by atoms with van der Waals surface area (Å²) in [5.41, 5.74) is 5.30. The lowest BCUT2D eigenvalue weighted by Gasteiger charge is -2.26. The Hall–Kier alpha value is -3.04. The summed E-state index contributed by atoms with van der Waals surface area (Å²) in [6.45, 7) is 9.35. The van der Waals surface area contributed by atoms with Gasteiger partial charge in [-0.25, -0.2) is 9.97 Å². The van der Waals surface area contributed by atoms with E-state index >= 15 is 0 Å². The third-order valence-electron chi connectivity index (χ3n) is 5.57. The van der Waals surface area contributed by atoms with E-state index in [2.05, 4.69) is 25.6 Å². The van der Waals surface area contributed by atoms with Crippen LogP contribution in [-0.2, 0) is 11.3 Å². The van der Waals surface area contributed by atoms with Crippen molar-refractivity contribution >= 4 is 16.7 Å². The van der Waals surface area contributed by atoms with E-state index in [4.69, 9.17) is 19.4 Å². The fourth-order valence-electron chi connectivity index (χ4n) is 4.05. The number of imidazole rings is 1. The first-order valence-electron chi connectivity index (χ1n) is 10.2. The summed E-state index contributed by atoms with van der Waals surface area (Å²) in [5, 5.41) is 4.57. The Morgan fingerprint density at radius 3 is 2.63 bits per heavy atom. The van der Waals surface area contributed by atoms with Crippen molar-refractivity contribution in [3.63, 3.8) is 0 Å². The normalized spacial score (nSPS) is 15.3. The van der Waals surface area contributed by atoms with E-state index in [1.807, 2.05) is 36.9 Å². The zero-order valence-corrected chi connectivity index (χ0v) is 17.5. The number of hydrogen-bond donors (Lipinski definition) is 0. The van der Waals surface area contributed by atoms with E-state index in [0.717, 1.165) is 78.8 Å². The molecule has 156 valence electrons. The van der Waals surface area contributed by atoms with E-state index in [-0.39, 0.29) is 0 Å². The zero-order valence-electron chi connectivity index (χ0n) is 17.5. The SMILES string of the molecule is COc1ccc2nc(C)c3c(C)nc(-c4cnn(CCN5CCOCC5)c4)n3c2n1. The lowest BCUT2D eigenvalue weighted by molar-refractivity contribution is 0.0360. The molecule has 0 saturated carbocycles. The van der Waals surface area contributed by atoms with E-state index in [0.29, 0.717) is 5.88 Å². The maximum absolute atomic E-state index is 5.42. The van der Waals surface area contributed by atoms with Crippen molar-refractivity contribution in [1.29, 1.82) is 0 Å². The van der Waals surface area contributed by atoms with Crippen LogP contribution in [0.1, 0.15) is 11.4 Å². The smallest absolute Gasteiger partial charge is 0.215 e. The van der Waals surface area contributed by atoms with E-state index < -0.39 is 0 Å². The minimum atomic E-state index is 0.549. The fourth-order valence-corrected chi connectivity index (χ4v) is 4.05. The van der Waals surface area contributed by atoms with Gasteiger partial charge in [0.1, 0.15) is 11.3 Å². The van der Waals surface area contributed by atoms with Crippen molar-refractivity contribution in [2.45, 2.75) is 20.4 Å². The number of fused-ring (bicyclic) bond motifs is 3. The van der Waals surface area contributed by atoms with Gasteiger partial charge in [0.05, 0.1) is 55.5 Å². The van der Waals surface area contributed by atoms with Crippen LogP contribution in [0.3, 0.4) is 0 Å².